The molecule has 114 valence electrons. The monoisotopic (exact) mass is 276 g/mol. The number of nitrogens with one attached hydrogen (secondary N) is 1. The Balaban J connectivity index is 2.58. The maximum absolute atomic E-state index is 3.20. The zero-order valence-corrected chi connectivity index (χ0v) is 13.9. The normalized spacial score (nSPS) is 11.8. The highest BCUT2D eigenvalue weighted by molar-refractivity contribution is 5.22. The molecule has 0 bridgehead atoms. The van der Waals surface area contributed by atoms with Crippen LogP contribution in [-0.2, 0) is 13.0 Å². The molecule has 0 saturated carbocycles. The molecule has 0 heterocycles. The molecule has 0 amide bonds. The van der Waals surface area contributed by atoms with Crippen molar-refractivity contribution in [3.63, 3.8) is 0 Å². The van der Waals surface area contributed by atoms with Crippen LogP contribution in [0.1, 0.15) is 38.8 Å². The minimum absolute atomic E-state index is 0.726. The molecule has 2 heteroatoms. The Morgan fingerprint density at radius 1 is 0.900 bits per heavy atom. The minimum Gasteiger partial charge on any atom is -0.319 e. The summed E-state index contributed by atoms with van der Waals surface area (Å²) in [5.41, 5.74) is 2.85. The van der Waals surface area contributed by atoms with Crippen LogP contribution in [0.25, 0.3) is 0 Å². The fourth-order valence-corrected chi connectivity index (χ4v) is 2.58. The molecule has 20 heavy (non-hydrogen) atoms. The Morgan fingerprint density at radius 2 is 1.40 bits per heavy atom. The Labute approximate surface area is 125 Å². The van der Waals surface area contributed by atoms with Gasteiger partial charge in [-0.25, -0.2) is 0 Å². The first kappa shape index (κ1) is 17.2. The van der Waals surface area contributed by atoms with Gasteiger partial charge in [0.2, 0.25) is 0 Å². The van der Waals surface area contributed by atoms with E-state index in [0.717, 1.165) is 31.3 Å². The van der Waals surface area contributed by atoms with Gasteiger partial charge in [0.25, 0.3) is 0 Å². The van der Waals surface area contributed by atoms with Gasteiger partial charge in [-0.2, -0.15) is 0 Å². The van der Waals surface area contributed by atoms with Gasteiger partial charge in [-0.1, -0.05) is 52.0 Å². The molecule has 1 aromatic rings. The van der Waals surface area contributed by atoms with Crippen molar-refractivity contribution in [1.29, 1.82) is 0 Å². The Kier molecular flexibility index (Phi) is 7.86. The summed E-state index contributed by atoms with van der Waals surface area (Å²) in [6.07, 6.45) is 1.11. The smallest absolute Gasteiger partial charge is 0.0233 e. The molecule has 0 saturated heterocycles. The van der Waals surface area contributed by atoms with Crippen molar-refractivity contribution in [3.05, 3.63) is 35.4 Å². The van der Waals surface area contributed by atoms with Gasteiger partial charge in [-0.3, -0.25) is 4.90 Å². The summed E-state index contributed by atoms with van der Waals surface area (Å²) in [6, 6.07) is 9.13. The summed E-state index contributed by atoms with van der Waals surface area (Å²) in [5.74, 6) is 1.45. The average molecular weight is 276 g/mol. The first-order valence-electron chi connectivity index (χ1n) is 7.96. The van der Waals surface area contributed by atoms with Gasteiger partial charge >= 0.3 is 0 Å². The van der Waals surface area contributed by atoms with Crippen LogP contribution in [0.2, 0.25) is 0 Å². The van der Waals surface area contributed by atoms with Crippen molar-refractivity contribution in [3.8, 4) is 0 Å². The Morgan fingerprint density at radius 3 is 1.85 bits per heavy atom. The SMILES string of the molecule is CNCCc1ccc(CN(CC(C)C)CC(C)C)cc1. The molecule has 0 fully saturated rings. The molecule has 0 aliphatic heterocycles. The van der Waals surface area contributed by atoms with Gasteiger partial charge in [-0.15, -0.1) is 0 Å². The lowest BCUT2D eigenvalue weighted by Gasteiger charge is -2.26. The van der Waals surface area contributed by atoms with E-state index in [1.807, 2.05) is 7.05 Å². The van der Waals surface area contributed by atoms with Gasteiger partial charge in [0.15, 0.2) is 0 Å². The van der Waals surface area contributed by atoms with Crippen molar-refractivity contribution < 1.29 is 0 Å². The van der Waals surface area contributed by atoms with Gasteiger partial charge in [0.05, 0.1) is 0 Å². The third kappa shape index (κ3) is 7.06. The molecule has 0 radical (unpaired) electrons. The lowest BCUT2D eigenvalue weighted by Crippen LogP contribution is -2.30. The van der Waals surface area contributed by atoms with Gasteiger partial charge in [-0.05, 0) is 43.0 Å². The average Bonchev–Trinajstić information content (AvgIpc) is 2.36. The molecule has 0 spiro atoms. The molecule has 2 nitrogen and oxygen atoms in total. The maximum Gasteiger partial charge on any atom is 0.0233 e. The predicted octanol–water partition coefficient (Wildman–Crippen LogP) is 3.56. The van der Waals surface area contributed by atoms with Gasteiger partial charge in [0, 0.05) is 19.6 Å². The summed E-state index contributed by atoms with van der Waals surface area (Å²) in [6.45, 7) is 13.7. The second-order valence-corrected chi connectivity index (χ2v) is 6.65. The summed E-state index contributed by atoms with van der Waals surface area (Å²) < 4.78 is 0. The molecule has 1 rings (SSSR count). The van der Waals surface area contributed by atoms with E-state index in [4.69, 9.17) is 0 Å². The number of rotatable bonds is 9. The number of likely N-dealkylation sites (N-methyl/N-ethyl adjacent to an activating group) is 1. The van der Waals surface area contributed by atoms with E-state index in [9.17, 15) is 0 Å². The van der Waals surface area contributed by atoms with Crippen LogP contribution in [0.5, 0.6) is 0 Å². The van der Waals surface area contributed by atoms with Crippen molar-refractivity contribution in [2.24, 2.45) is 11.8 Å². The highest BCUT2D eigenvalue weighted by atomic mass is 15.1. The molecule has 0 unspecified atom stereocenters. The third-order valence-electron chi connectivity index (χ3n) is 3.34. The van der Waals surface area contributed by atoms with Gasteiger partial charge < -0.3 is 5.32 Å². The van der Waals surface area contributed by atoms with E-state index in [0.29, 0.717) is 0 Å². The van der Waals surface area contributed by atoms with Crippen molar-refractivity contribution in [2.45, 2.75) is 40.7 Å². The summed E-state index contributed by atoms with van der Waals surface area (Å²) in [7, 11) is 2.00. The zero-order chi connectivity index (χ0) is 15.0. The van der Waals surface area contributed by atoms with Crippen molar-refractivity contribution in [2.75, 3.05) is 26.7 Å². The fourth-order valence-electron chi connectivity index (χ4n) is 2.58. The highest BCUT2D eigenvalue weighted by Crippen LogP contribution is 2.11. The van der Waals surface area contributed by atoms with E-state index < -0.39 is 0 Å². The first-order valence-corrected chi connectivity index (χ1v) is 7.96. The lowest BCUT2D eigenvalue weighted by atomic mass is 10.1. The number of hydrogen-bond donors (Lipinski definition) is 1. The number of hydrogen-bond acceptors (Lipinski definition) is 2. The highest BCUT2D eigenvalue weighted by Gasteiger charge is 2.10. The van der Waals surface area contributed by atoms with Gasteiger partial charge in [0.1, 0.15) is 0 Å². The van der Waals surface area contributed by atoms with E-state index in [1.54, 1.807) is 0 Å². The summed E-state index contributed by atoms with van der Waals surface area (Å²) >= 11 is 0. The summed E-state index contributed by atoms with van der Waals surface area (Å²) in [4.78, 5) is 2.58. The van der Waals surface area contributed by atoms with Crippen LogP contribution < -0.4 is 5.32 Å². The Hall–Kier alpha value is -0.860. The fraction of sp³-hybridized carbons (Fsp3) is 0.667. The molecule has 1 aromatic carbocycles. The molecule has 0 atom stereocenters. The van der Waals surface area contributed by atoms with E-state index in [1.165, 1.54) is 24.2 Å². The molecule has 0 aliphatic rings. The first-order chi connectivity index (χ1) is 9.51. The molecule has 0 aliphatic carbocycles. The molecule has 0 aromatic heterocycles. The second kappa shape index (κ2) is 9.15. The molecular formula is C18H32N2. The van der Waals surface area contributed by atoms with E-state index in [2.05, 4.69) is 62.2 Å². The van der Waals surface area contributed by atoms with Crippen molar-refractivity contribution >= 4 is 0 Å². The summed E-state index contributed by atoms with van der Waals surface area (Å²) in [5, 5.41) is 3.20. The molecular weight excluding hydrogens is 244 g/mol. The predicted molar refractivity (Wildman–Crippen MR) is 89.0 cm³/mol. The zero-order valence-electron chi connectivity index (χ0n) is 13.9. The van der Waals surface area contributed by atoms with Crippen LogP contribution in [0.15, 0.2) is 24.3 Å². The van der Waals surface area contributed by atoms with E-state index >= 15 is 0 Å². The second-order valence-electron chi connectivity index (χ2n) is 6.65. The Bertz CT molecular complexity index is 344. The standard InChI is InChI=1S/C18H32N2/c1-15(2)12-20(13-16(3)4)14-18-8-6-17(7-9-18)10-11-19-5/h6-9,15-16,19H,10-14H2,1-5H3. The van der Waals surface area contributed by atoms with Crippen LogP contribution in [0.4, 0.5) is 0 Å². The van der Waals surface area contributed by atoms with Crippen LogP contribution in [0, 0.1) is 11.8 Å². The van der Waals surface area contributed by atoms with Crippen molar-refractivity contribution in [1.82, 2.24) is 10.2 Å². The largest absolute Gasteiger partial charge is 0.319 e. The number of nitrogens with zero attached hydrogens (tertiary/aromatic N) is 1. The lowest BCUT2D eigenvalue weighted by molar-refractivity contribution is 0.211. The molecule has 1 N–H and O–H groups in total. The van der Waals surface area contributed by atoms with Crippen LogP contribution in [-0.4, -0.2) is 31.6 Å². The maximum atomic E-state index is 3.20. The third-order valence-corrected chi connectivity index (χ3v) is 3.34. The quantitative estimate of drug-likeness (QED) is 0.742. The van der Waals surface area contributed by atoms with Crippen LogP contribution in [0.3, 0.4) is 0 Å². The minimum atomic E-state index is 0.726. The topological polar surface area (TPSA) is 15.3 Å². The number of benzene rings is 1. The van der Waals surface area contributed by atoms with Crippen LogP contribution >= 0.6 is 0 Å². The van der Waals surface area contributed by atoms with E-state index in [-0.39, 0.29) is 0 Å².